The summed E-state index contributed by atoms with van der Waals surface area (Å²) in [5, 5.41) is 4.20. The molecular formula is C12H20N4O2. The van der Waals surface area contributed by atoms with Crippen LogP contribution in [0, 0.1) is 0 Å². The molecule has 6 nitrogen and oxygen atoms in total. The zero-order valence-corrected chi connectivity index (χ0v) is 11.0. The van der Waals surface area contributed by atoms with Crippen molar-refractivity contribution in [3.8, 4) is 0 Å². The fourth-order valence-electron chi connectivity index (χ4n) is 2.41. The summed E-state index contributed by atoms with van der Waals surface area (Å²) in [5.41, 5.74) is 0. The van der Waals surface area contributed by atoms with Gasteiger partial charge in [0.2, 0.25) is 0 Å². The summed E-state index contributed by atoms with van der Waals surface area (Å²) in [4.78, 5) is 18.1. The van der Waals surface area contributed by atoms with Crippen LogP contribution < -0.4 is 0 Å². The molecule has 1 atom stereocenters. The van der Waals surface area contributed by atoms with E-state index in [4.69, 9.17) is 4.74 Å². The van der Waals surface area contributed by atoms with Gasteiger partial charge in [-0.15, -0.1) is 0 Å². The molecule has 100 valence electrons. The van der Waals surface area contributed by atoms with E-state index in [1.54, 1.807) is 6.33 Å². The quantitative estimate of drug-likeness (QED) is 0.726. The van der Waals surface area contributed by atoms with Crippen molar-refractivity contribution in [3.63, 3.8) is 0 Å². The highest BCUT2D eigenvalue weighted by Crippen LogP contribution is 2.20. The van der Waals surface area contributed by atoms with E-state index >= 15 is 0 Å². The molecule has 0 bridgehead atoms. The van der Waals surface area contributed by atoms with Gasteiger partial charge in [-0.3, -0.25) is 9.69 Å². The second-order valence-electron chi connectivity index (χ2n) is 4.55. The predicted octanol–water partition coefficient (Wildman–Crippen LogP) is 0.825. The van der Waals surface area contributed by atoms with Gasteiger partial charge in [-0.25, -0.2) is 9.67 Å². The lowest BCUT2D eigenvalue weighted by Gasteiger charge is -2.21. The molecule has 1 aromatic rings. The highest BCUT2D eigenvalue weighted by atomic mass is 16.5. The molecule has 1 unspecified atom stereocenters. The van der Waals surface area contributed by atoms with Gasteiger partial charge in [-0.2, -0.15) is 5.10 Å². The van der Waals surface area contributed by atoms with Crippen molar-refractivity contribution in [1.82, 2.24) is 19.7 Å². The van der Waals surface area contributed by atoms with E-state index in [2.05, 4.69) is 21.9 Å². The Morgan fingerprint density at radius 2 is 2.44 bits per heavy atom. The number of methoxy groups -OCH3 is 1. The maximum Gasteiger partial charge on any atom is 0.323 e. The Labute approximate surface area is 107 Å². The molecule has 0 N–H and O–H groups in total. The van der Waals surface area contributed by atoms with Crippen molar-refractivity contribution < 1.29 is 9.53 Å². The number of hydrogen-bond acceptors (Lipinski definition) is 5. The molecule has 1 saturated heterocycles. The molecule has 6 heteroatoms. The van der Waals surface area contributed by atoms with Crippen LogP contribution in [0.25, 0.3) is 0 Å². The fraction of sp³-hybridized carbons (Fsp3) is 0.750. The summed E-state index contributed by atoms with van der Waals surface area (Å²) in [6, 6.07) is -0.123. The summed E-state index contributed by atoms with van der Waals surface area (Å²) < 4.78 is 6.75. The molecule has 1 fully saturated rings. The van der Waals surface area contributed by atoms with E-state index in [1.807, 2.05) is 4.68 Å². The summed E-state index contributed by atoms with van der Waals surface area (Å²) in [6.45, 7) is 4.56. The van der Waals surface area contributed by atoms with Gasteiger partial charge in [-0.1, -0.05) is 6.92 Å². The SMILES string of the molecule is CCCn1ncnc1CN1CCCC1C(=O)OC. The molecule has 0 aliphatic carbocycles. The Bertz CT molecular complexity index is 405. The number of esters is 1. The first kappa shape index (κ1) is 13.0. The minimum Gasteiger partial charge on any atom is -0.468 e. The minimum atomic E-state index is -0.144. The van der Waals surface area contributed by atoms with Gasteiger partial charge in [0, 0.05) is 6.54 Å². The molecule has 0 amide bonds. The van der Waals surface area contributed by atoms with Crippen LogP contribution in [-0.2, 0) is 22.6 Å². The average molecular weight is 252 g/mol. The van der Waals surface area contributed by atoms with Crippen molar-refractivity contribution in [3.05, 3.63) is 12.2 Å². The summed E-state index contributed by atoms with van der Waals surface area (Å²) in [7, 11) is 1.44. The second-order valence-corrected chi connectivity index (χ2v) is 4.55. The van der Waals surface area contributed by atoms with E-state index in [1.165, 1.54) is 7.11 Å². The molecule has 18 heavy (non-hydrogen) atoms. The third kappa shape index (κ3) is 2.69. The number of aryl methyl sites for hydroxylation is 1. The number of aromatic nitrogens is 3. The van der Waals surface area contributed by atoms with Gasteiger partial charge < -0.3 is 4.74 Å². The van der Waals surface area contributed by atoms with Crippen molar-refractivity contribution in [2.45, 2.75) is 45.3 Å². The number of ether oxygens (including phenoxy) is 1. The first-order chi connectivity index (χ1) is 8.76. The van der Waals surface area contributed by atoms with Gasteiger partial charge in [-0.05, 0) is 25.8 Å². The number of hydrogen-bond donors (Lipinski definition) is 0. The van der Waals surface area contributed by atoms with Crippen LogP contribution in [0.3, 0.4) is 0 Å². The van der Waals surface area contributed by atoms with Crippen molar-refractivity contribution >= 4 is 5.97 Å². The lowest BCUT2D eigenvalue weighted by molar-refractivity contribution is -0.146. The van der Waals surface area contributed by atoms with Crippen molar-refractivity contribution in [1.29, 1.82) is 0 Å². The van der Waals surface area contributed by atoms with Gasteiger partial charge in [0.25, 0.3) is 0 Å². The Morgan fingerprint density at radius 3 is 3.17 bits per heavy atom. The van der Waals surface area contributed by atoms with E-state index in [0.717, 1.165) is 38.2 Å². The van der Waals surface area contributed by atoms with Crippen molar-refractivity contribution in [2.24, 2.45) is 0 Å². The minimum absolute atomic E-state index is 0.123. The highest BCUT2D eigenvalue weighted by Gasteiger charge is 2.32. The van der Waals surface area contributed by atoms with E-state index in [9.17, 15) is 4.79 Å². The standard InChI is InChI=1S/C12H20N4O2/c1-3-6-16-11(13-9-14-16)8-15-7-4-5-10(15)12(17)18-2/h9-10H,3-8H2,1-2H3. The summed E-state index contributed by atoms with van der Waals surface area (Å²) in [5.74, 6) is 0.779. The zero-order chi connectivity index (χ0) is 13.0. The van der Waals surface area contributed by atoms with Gasteiger partial charge in [0.1, 0.15) is 18.2 Å². The molecule has 1 aromatic heterocycles. The number of likely N-dealkylation sites (tertiary alicyclic amines) is 1. The topological polar surface area (TPSA) is 60.2 Å². The number of nitrogens with zero attached hydrogens (tertiary/aromatic N) is 4. The molecule has 0 radical (unpaired) electrons. The first-order valence-corrected chi connectivity index (χ1v) is 6.44. The normalized spacial score (nSPS) is 20.2. The predicted molar refractivity (Wildman–Crippen MR) is 65.8 cm³/mol. The fourth-order valence-corrected chi connectivity index (χ4v) is 2.41. The second kappa shape index (κ2) is 5.95. The number of rotatable bonds is 5. The molecule has 0 spiro atoms. The lowest BCUT2D eigenvalue weighted by Crippen LogP contribution is -2.37. The smallest absolute Gasteiger partial charge is 0.323 e. The van der Waals surface area contributed by atoms with Crippen LogP contribution in [-0.4, -0.2) is 45.3 Å². The van der Waals surface area contributed by atoms with Gasteiger partial charge in [0.15, 0.2) is 0 Å². The van der Waals surface area contributed by atoms with E-state index in [0.29, 0.717) is 6.54 Å². The lowest BCUT2D eigenvalue weighted by atomic mass is 10.2. The maximum absolute atomic E-state index is 11.7. The largest absolute Gasteiger partial charge is 0.468 e. The van der Waals surface area contributed by atoms with Gasteiger partial charge >= 0.3 is 5.97 Å². The Hall–Kier alpha value is -1.43. The van der Waals surface area contributed by atoms with Crippen LogP contribution >= 0.6 is 0 Å². The Kier molecular flexibility index (Phi) is 4.30. The molecule has 0 saturated carbocycles. The van der Waals surface area contributed by atoms with Crippen LogP contribution in [0.5, 0.6) is 0 Å². The van der Waals surface area contributed by atoms with Crippen LogP contribution in [0.2, 0.25) is 0 Å². The first-order valence-electron chi connectivity index (χ1n) is 6.44. The molecule has 0 aromatic carbocycles. The number of carbonyl (C=O) groups excluding carboxylic acids is 1. The zero-order valence-electron chi connectivity index (χ0n) is 11.0. The van der Waals surface area contributed by atoms with Crippen LogP contribution in [0.15, 0.2) is 6.33 Å². The van der Waals surface area contributed by atoms with Crippen LogP contribution in [0.4, 0.5) is 0 Å². The van der Waals surface area contributed by atoms with E-state index in [-0.39, 0.29) is 12.0 Å². The average Bonchev–Trinajstić information content (AvgIpc) is 3.00. The third-order valence-electron chi connectivity index (χ3n) is 3.31. The monoisotopic (exact) mass is 252 g/mol. The Morgan fingerprint density at radius 1 is 1.61 bits per heavy atom. The Balaban J connectivity index is 2.03. The molecule has 2 rings (SSSR count). The van der Waals surface area contributed by atoms with Crippen LogP contribution in [0.1, 0.15) is 32.0 Å². The maximum atomic E-state index is 11.7. The van der Waals surface area contributed by atoms with E-state index < -0.39 is 0 Å². The molecular weight excluding hydrogens is 232 g/mol. The molecule has 1 aliphatic rings. The van der Waals surface area contributed by atoms with Gasteiger partial charge in [0.05, 0.1) is 13.7 Å². The number of carbonyl (C=O) groups is 1. The summed E-state index contributed by atoms with van der Waals surface area (Å²) in [6.07, 6.45) is 4.50. The third-order valence-corrected chi connectivity index (χ3v) is 3.31. The van der Waals surface area contributed by atoms with Crippen molar-refractivity contribution in [2.75, 3.05) is 13.7 Å². The molecule has 2 heterocycles. The molecule has 1 aliphatic heterocycles. The highest BCUT2D eigenvalue weighted by molar-refractivity contribution is 5.75. The summed E-state index contributed by atoms with van der Waals surface area (Å²) >= 11 is 0.